The van der Waals surface area contributed by atoms with E-state index in [1.54, 1.807) is 0 Å². The number of aryl methyl sites for hydroxylation is 2. The van der Waals surface area contributed by atoms with E-state index in [9.17, 15) is 4.79 Å². The van der Waals surface area contributed by atoms with Crippen molar-refractivity contribution in [1.82, 2.24) is 19.6 Å². The monoisotopic (exact) mass is 280 g/mol. The summed E-state index contributed by atoms with van der Waals surface area (Å²) in [6.07, 6.45) is 3.23. The smallest absolute Gasteiger partial charge is 0.317 e. The molecule has 0 saturated carbocycles. The first kappa shape index (κ1) is 15.0. The van der Waals surface area contributed by atoms with Gasteiger partial charge in [-0.05, 0) is 13.3 Å². The van der Waals surface area contributed by atoms with Gasteiger partial charge >= 0.3 is 5.97 Å². The van der Waals surface area contributed by atoms with Crippen molar-refractivity contribution in [2.24, 2.45) is 0 Å². The van der Waals surface area contributed by atoms with E-state index in [1.165, 1.54) is 5.56 Å². The summed E-state index contributed by atoms with van der Waals surface area (Å²) < 4.78 is 2.02. The van der Waals surface area contributed by atoms with Gasteiger partial charge in [-0.2, -0.15) is 5.10 Å². The molecule has 1 aliphatic heterocycles. The fourth-order valence-corrected chi connectivity index (χ4v) is 2.60. The predicted octanol–water partition coefficient (Wildman–Crippen LogP) is 0.804. The summed E-state index contributed by atoms with van der Waals surface area (Å²) in [6, 6.07) is 0. The summed E-state index contributed by atoms with van der Waals surface area (Å²) in [5.74, 6) is -0.741. The molecule has 1 N–H and O–H groups in total. The van der Waals surface area contributed by atoms with Gasteiger partial charge < -0.3 is 5.11 Å². The van der Waals surface area contributed by atoms with Gasteiger partial charge in [0.25, 0.3) is 0 Å². The van der Waals surface area contributed by atoms with Crippen LogP contribution >= 0.6 is 0 Å². The van der Waals surface area contributed by atoms with Gasteiger partial charge in [0.15, 0.2) is 0 Å². The van der Waals surface area contributed by atoms with E-state index in [0.717, 1.165) is 51.4 Å². The number of nitrogens with zero attached hydrogens (tertiary/aromatic N) is 4. The highest BCUT2D eigenvalue weighted by Gasteiger charge is 2.19. The zero-order valence-electron chi connectivity index (χ0n) is 12.4. The van der Waals surface area contributed by atoms with Gasteiger partial charge in [0.1, 0.15) is 0 Å². The first-order valence-corrected chi connectivity index (χ1v) is 7.28. The lowest BCUT2D eigenvalue weighted by atomic mass is 10.2. The molecule has 1 saturated heterocycles. The molecule has 1 fully saturated rings. The van der Waals surface area contributed by atoms with Gasteiger partial charge in [0.05, 0.1) is 12.2 Å². The molecule has 0 aromatic carbocycles. The second-order valence-corrected chi connectivity index (χ2v) is 5.45. The van der Waals surface area contributed by atoms with Crippen LogP contribution < -0.4 is 0 Å². The van der Waals surface area contributed by atoms with Crippen molar-refractivity contribution in [3.05, 3.63) is 17.5 Å². The Morgan fingerprint density at radius 1 is 1.30 bits per heavy atom. The van der Waals surface area contributed by atoms with E-state index < -0.39 is 5.97 Å². The number of aliphatic carboxylic acids is 1. The zero-order valence-corrected chi connectivity index (χ0v) is 12.4. The average Bonchev–Trinajstić information content (AvgIpc) is 2.72. The van der Waals surface area contributed by atoms with Crippen LogP contribution in [0.5, 0.6) is 0 Å². The van der Waals surface area contributed by atoms with Gasteiger partial charge in [-0.25, -0.2) is 0 Å². The van der Waals surface area contributed by atoms with Gasteiger partial charge in [-0.3, -0.25) is 19.3 Å². The van der Waals surface area contributed by atoms with E-state index in [-0.39, 0.29) is 6.54 Å². The number of rotatable bonds is 6. The number of carbonyl (C=O) groups is 1. The maximum Gasteiger partial charge on any atom is 0.317 e. The third kappa shape index (κ3) is 4.05. The molecule has 0 spiro atoms. The van der Waals surface area contributed by atoms with Crippen LogP contribution in [0.4, 0.5) is 0 Å². The molecule has 112 valence electrons. The Morgan fingerprint density at radius 2 is 1.95 bits per heavy atom. The molecule has 2 heterocycles. The summed E-state index contributed by atoms with van der Waals surface area (Å²) in [6.45, 7) is 9.74. The molecule has 0 radical (unpaired) electrons. The van der Waals surface area contributed by atoms with Crippen LogP contribution in [-0.4, -0.2) is 63.4 Å². The fraction of sp³-hybridized carbons (Fsp3) is 0.714. The molecule has 1 aliphatic rings. The lowest BCUT2D eigenvalue weighted by Gasteiger charge is -2.33. The van der Waals surface area contributed by atoms with Crippen LogP contribution in [0, 0.1) is 6.92 Å². The number of hydrogen-bond acceptors (Lipinski definition) is 4. The summed E-state index contributed by atoms with van der Waals surface area (Å²) >= 11 is 0. The van der Waals surface area contributed by atoms with Gasteiger partial charge in [0.2, 0.25) is 0 Å². The van der Waals surface area contributed by atoms with E-state index in [0.29, 0.717) is 0 Å². The highest BCUT2D eigenvalue weighted by Crippen LogP contribution is 2.12. The summed E-state index contributed by atoms with van der Waals surface area (Å²) in [4.78, 5) is 15.0. The number of carboxylic acid groups (broad SMARTS) is 1. The molecular weight excluding hydrogens is 256 g/mol. The maximum absolute atomic E-state index is 10.7. The number of carboxylic acids is 1. The second-order valence-electron chi connectivity index (χ2n) is 5.45. The summed E-state index contributed by atoms with van der Waals surface area (Å²) in [5, 5.41) is 13.3. The molecular formula is C14H24N4O2. The zero-order chi connectivity index (χ0) is 14.5. The second kappa shape index (κ2) is 6.85. The van der Waals surface area contributed by atoms with Crippen molar-refractivity contribution < 1.29 is 9.90 Å². The molecule has 1 aromatic rings. The first-order valence-electron chi connectivity index (χ1n) is 7.28. The minimum atomic E-state index is -0.741. The van der Waals surface area contributed by atoms with Gasteiger partial charge in [0, 0.05) is 51.0 Å². The summed E-state index contributed by atoms with van der Waals surface area (Å²) in [7, 11) is 0. The Labute approximate surface area is 120 Å². The highest BCUT2D eigenvalue weighted by molar-refractivity contribution is 5.69. The third-order valence-electron chi connectivity index (χ3n) is 3.72. The molecule has 20 heavy (non-hydrogen) atoms. The van der Waals surface area contributed by atoms with Crippen molar-refractivity contribution in [1.29, 1.82) is 0 Å². The number of hydrogen-bond donors (Lipinski definition) is 1. The molecule has 0 amide bonds. The highest BCUT2D eigenvalue weighted by atomic mass is 16.4. The normalized spacial score (nSPS) is 17.5. The van der Waals surface area contributed by atoms with Crippen LogP contribution in [0.25, 0.3) is 0 Å². The molecule has 1 aromatic heterocycles. The quantitative estimate of drug-likeness (QED) is 0.835. The van der Waals surface area contributed by atoms with Crippen molar-refractivity contribution >= 4 is 5.97 Å². The molecule has 2 rings (SSSR count). The van der Waals surface area contributed by atoms with Crippen molar-refractivity contribution in [2.75, 3.05) is 32.7 Å². The molecule has 6 heteroatoms. The lowest BCUT2D eigenvalue weighted by Crippen LogP contribution is -2.47. The third-order valence-corrected chi connectivity index (χ3v) is 3.72. The Morgan fingerprint density at radius 3 is 2.55 bits per heavy atom. The minimum Gasteiger partial charge on any atom is -0.480 e. The molecule has 6 nitrogen and oxygen atoms in total. The van der Waals surface area contributed by atoms with Crippen molar-refractivity contribution in [2.45, 2.75) is 33.4 Å². The number of aromatic nitrogens is 2. The molecule has 0 bridgehead atoms. The van der Waals surface area contributed by atoms with Crippen LogP contribution in [0.2, 0.25) is 0 Å². The largest absolute Gasteiger partial charge is 0.480 e. The Kier molecular flexibility index (Phi) is 5.14. The first-order chi connectivity index (χ1) is 9.58. The summed E-state index contributed by atoms with van der Waals surface area (Å²) in [5.41, 5.74) is 2.39. The fourth-order valence-electron chi connectivity index (χ4n) is 2.60. The SMILES string of the molecule is CCCn1cc(CN2CCN(CC(=O)O)CC2)c(C)n1. The van der Waals surface area contributed by atoms with Crippen LogP contribution in [0.1, 0.15) is 24.6 Å². The van der Waals surface area contributed by atoms with Crippen molar-refractivity contribution in [3.8, 4) is 0 Å². The van der Waals surface area contributed by atoms with E-state index >= 15 is 0 Å². The van der Waals surface area contributed by atoms with E-state index in [2.05, 4.69) is 30.0 Å². The minimum absolute atomic E-state index is 0.154. The Hall–Kier alpha value is -1.40. The average molecular weight is 280 g/mol. The molecule has 0 unspecified atom stereocenters. The Balaban J connectivity index is 1.84. The van der Waals surface area contributed by atoms with Crippen LogP contribution in [0.3, 0.4) is 0 Å². The molecule has 0 atom stereocenters. The van der Waals surface area contributed by atoms with Gasteiger partial charge in [-0.15, -0.1) is 0 Å². The predicted molar refractivity (Wildman–Crippen MR) is 76.6 cm³/mol. The van der Waals surface area contributed by atoms with E-state index in [1.807, 2.05) is 9.58 Å². The standard InChI is InChI=1S/C14H24N4O2/c1-3-4-18-10-13(12(2)15-18)9-16-5-7-17(8-6-16)11-14(19)20/h10H,3-9,11H2,1-2H3,(H,19,20). The van der Waals surface area contributed by atoms with Gasteiger partial charge in [-0.1, -0.05) is 6.92 Å². The molecule has 0 aliphatic carbocycles. The van der Waals surface area contributed by atoms with Crippen LogP contribution in [0.15, 0.2) is 6.20 Å². The topological polar surface area (TPSA) is 61.6 Å². The van der Waals surface area contributed by atoms with Crippen LogP contribution in [-0.2, 0) is 17.9 Å². The maximum atomic E-state index is 10.7. The number of piperazine rings is 1. The lowest BCUT2D eigenvalue weighted by molar-refractivity contribution is -0.138. The Bertz CT molecular complexity index is 450. The van der Waals surface area contributed by atoms with Crippen molar-refractivity contribution in [3.63, 3.8) is 0 Å². The van der Waals surface area contributed by atoms with E-state index in [4.69, 9.17) is 5.11 Å².